The highest BCUT2D eigenvalue weighted by molar-refractivity contribution is 5.96. The quantitative estimate of drug-likeness (QED) is 0.248. The minimum atomic E-state index is -0.381. The third-order valence-corrected chi connectivity index (χ3v) is 7.71. The molecule has 44 heavy (non-hydrogen) atoms. The molecular formula is C33H33N7O4. The van der Waals surface area contributed by atoms with E-state index in [0.29, 0.717) is 59.4 Å². The summed E-state index contributed by atoms with van der Waals surface area (Å²) in [5, 5.41) is 2.68. The van der Waals surface area contributed by atoms with E-state index in [0.717, 1.165) is 12.0 Å². The summed E-state index contributed by atoms with van der Waals surface area (Å²) < 4.78 is 14.6. The Hall–Kier alpha value is -5.26. The topological polar surface area (TPSA) is 130 Å². The Morgan fingerprint density at radius 1 is 1.05 bits per heavy atom. The molecule has 5 aromatic rings. The number of para-hydroxylation sites is 2. The molecular weight excluding hydrogens is 558 g/mol. The Morgan fingerprint density at radius 3 is 2.50 bits per heavy atom. The molecule has 11 heteroatoms. The number of ether oxygens (including phenoxy) is 2. The smallest absolute Gasteiger partial charge is 0.339 e. The minimum absolute atomic E-state index is 0.162. The van der Waals surface area contributed by atoms with Gasteiger partial charge in [-0.3, -0.25) is 14.3 Å². The zero-order chi connectivity index (χ0) is 30.6. The number of imidazole rings is 1. The molecule has 0 aliphatic carbocycles. The van der Waals surface area contributed by atoms with Crippen LogP contribution in [0.25, 0.3) is 28.1 Å². The molecule has 11 nitrogen and oxygen atoms in total. The average Bonchev–Trinajstić information content (AvgIpc) is 3.69. The van der Waals surface area contributed by atoms with Crippen LogP contribution in [0.5, 0.6) is 11.5 Å². The Morgan fingerprint density at radius 2 is 1.77 bits per heavy atom. The van der Waals surface area contributed by atoms with Gasteiger partial charge in [-0.2, -0.15) is 0 Å². The fraction of sp³-hybridized carbons (Fsp3) is 0.212. The highest BCUT2D eigenvalue weighted by atomic mass is 16.5. The zero-order valence-electron chi connectivity index (χ0n) is 24.5. The maximum Gasteiger partial charge on any atom is 0.339 e. The molecule has 2 aromatic heterocycles. The lowest BCUT2D eigenvalue weighted by Gasteiger charge is -2.25. The summed E-state index contributed by atoms with van der Waals surface area (Å²) in [4.78, 5) is 37.9. The van der Waals surface area contributed by atoms with Crippen molar-refractivity contribution in [2.45, 2.75) is 12.5 Å². The number of amides is 1. The molecule has 6 rings (SSSR count). The van der Waals surface area contributed by atoms with Crippen LogP contribution in [0.1, 0.15) is 12.0 Å². The lowest BCUT2D eigenvalue weighted by Crippen LogP contribution is -2.34. The van der Waals surface area contributed by atoms with Crippen LogP contribution >= 0.6 is 0 Å². The predicted molar refractivity (Wildman–Crippen MR) is 169 cm³/mol. The molecule has 3 aromatic carbocycles. The van der Waals surface area contributed by atoms with E-state index in [1.165, 1.54) is 15.5 Å². The van der Waals surface area contributed by atoms with Crippen molar-refractivity contribution in [3.8, 4) is 22.9 Å². The first kappa shape index (κ1) is 28.8. The van der Waals surface area contributed by atoms with E-state index >= 15 is 0 Å². The van der Waals surface area contributed by atoms with Gasteiger partial charge in [0.15, 0.2) is 11.5 Å². The maximum absolute atomic E-state index is 14.3. The second kappa shape index (κ2) is 12.5. The number of nitrogens with zero attached hydrogens (tertiary/aromatic N) is 5. The molecule has 0 bridgehead atoms. The summed E-state index contributed by atoms with van der Waals surface area (Å²) in [6.07, 6.45) is 3.82. The second-order valence-corrected chi connectivity index (χ2v) is 10.5. The molecule has 1 fully saturated rings. The largest absolute Gasteiger partial charge is 0.457 e. The van der Waals surface area contributed by atoms with Crippen LogP contribution in [0.3, 0.4) is 0 Å². The van der Waals surface area contributed by atoms with Gasteiger partial charge in [0, 0.05) is 37.9 Å². The van der Waals surface area contributed by atoms with E-state index in [-0.39, 0.29) is 23.5 Å². The van der Waals surface area contributed by atoms with Crippen LogP contribution in [-0.4, -0.2) is 69.8 Å². The van der Waals surface area contributed by atoms with E-state index in [4.69, 9.17) is 15.2 Å². The summed E-state index contributed by atoms with van der Waals surface area (Å²) in [6.45, 7) is 1.80. The number of benzene rings is 3. The number of anilines is 1. The van der Waals surface area contributed by atoms with Crippen LogP contribution in [0, 0.1) is 0 Å². The molecule has 0 saturated carbocycles. The second-order valence-electron chi connectivity index (χ2n) is 10.5. The lowest BCUT2D eigenvalue weighted by atomic mass is 10.0. The van der Waals surface area contributed by atoms with Gasteiger partial charge in [-0.15, -0.1) is 0 Å². The van der Waals surface area contributed by atoms with E-state index < -0.39 is 0 Å². The minimum Gasteiger partial charge on any atom is -0.457 e. The summed E-state index contributed by atoms with van der Waals surface area (Å²) >= 11 is 0. The lowest BCUT2D eigenvalue weighted by molar-refractivity contribution is -0.116. The number of fused-ring (bicyclic) bond motifs is 1. The fourth-order valence-electron chi connectivity index (χ4n) is 5.44. The van der Waals surface area contributed by atoms with Crippen molar-refractivity contribution >= 4 is 28.5 Å². The molecule has 1 amide bonds. The molecule has 1 atom stereocenters. The number of aromatic nitrogens is 4. The van der Waals surface area contributed by atoms with Crippen molar-refractivity contribution in [1.29, 1.82) is 0 Å². The molecule has 1 aliphatic rings. The number of carbonyl (C=O) groups is 1. The van der Waals surface area contributed by atoms with Crippen LogP contribution in [-0.2, 0) is 9.53 Å². The van der Waals surface area contributed by atoms with E-state index in [1.807, 2.05) is 61.6 Å². The van der Waals surface area contributed by atoms with Gasteiger partial charge < -0.3 is 20.5 Å². The molecule has 3 heterocycles. The number of nitrogens with two attached hydrogens (primary N) is 1. The van der Waals surface area contributed by atoms with Gasteiger partial charge in [0.2, 0.25) is 5.91 Å². The first-order valence-electron chi connectivity index (χ1n) is 14.3. The maximum atomic E-state index is 14.3. The van der Waals surface area contributed by atoms with E-state index in [1.54, 1.807) is 37.4 Å². The van der Waals surface area contributed by atoms with Gasteiger partial charge in [0.05, 0.1) is 18.0 Å². The third-order valence-electron chi connectivity index (χ3n) is 7.71. The third kappa shape index (κ3) is 5.70. The number of hydrogen-bond acceptors (Lipinski definition) is 8. The van der Waals surface area contributed by atoms with Crippen molar-refractivity contribution in [2.24, 2.45) is 0 Å². The fourth-order valence-corrected chi connectivity index (χ4v) is 5.44. The monoisotopic (exact) mass is 591 g/mol. The number of hydrogen-bond donors (Lipinski definition) is 2. The Balaban J connectivity index is 1.47. The Bertz CT molecular complexity index is 1870. The SMILES string of the molecule is CNC(=O)C=C(CN(C)C1CCOC1)c1ccccc1-n1c(=O)n(-c2ccc(Oc3ccccc3)cc2)c2c(N)ncnc21. The summed E-state index contributed by atoms with van der Waals surface area (Å²) in [7, 11) is 3.60. The van der Waals surface area contributed by atoms with Crippen molar-refractivity contribution in [3.63, 3.8) is 0 Å². The van der Waals surface area contributed by atoms with Gasteiger partial charge in [0.1, 0.15) is 23.3 Å². The van der Waals surface area contributed by atoms with Gasteiger partial charge >= 0.3 is 5.69 Å². The summed E-state index contributed by atoms with van der Waals surface area (Å²) in [5.41, 5.74) is 9.30. The van der Waals surface area contributed by atoms with Crippen molar-refractivity contribution in [1.82, 2.24) is 29.3 Å². The van der Waals surface area contributed by atoms with Crippen molar-refractivity contribution in [3.05, 3.63) is 107 Å². The summed E-state index contributed by atoms with van der Waals surface area (Å²) in [6, 6.07) is 24.3. The number of rotatable bonds is 9. The normalized spacial score (nSPS) is 15.2. The molecule has 224 valence electrons. The number of carbonyl (C=O) groups excluding carboxylic acids is 1. The summed E-state index contributed by atoms with van der Waals surface area (Å²) in [5.74, 6) is 1.24. The number of nitrogens with one attached hydrogen (secondary N) is 1. The number of likely N-dealkylation sites (N-methyl/N-ethyl adjacent to an activating group) is 2. The average molecular weight is 592 g/mol. The molecule has 1 saturated heterocycles. The van der Waals surface area contributed by atoms with Crippen molar-refractivity contribution < 1.29 is 14.3 Å². The Kier molecular flexibility index (Phi) is 8.22. The highest BCUT2D eigenvalue weighted by Crippen LogP contribution is 2.29. The zero-order valence-corrected chi connectivity index (χ0v) is 24.5. The van der Waals surface area contributed by atoms with E-state index in [2.05, 4.69) is 20.2 Å². The van der Waals surface area contributed by atoms with Crippen LogP contribution in [0.15, 0.2) is 96.1 Å². The van der Waals surface area contributed by atoms with Crippen LogP contribution in [0.4, 0.5) is 5.82 Å². The molecule has 3 N–H and O–H groups in total. The first-order valence-corrected chi connectivity index (χ1v) is 14.3. The van der Waals surface area contributed by atoms with Gasteiger partial charge in [-0.1, -0.05) is 36.4 Å². The Labute approximate surface area is 254 Å². The molecule has 0 radical (unpaired) electrons. The van der Waals surface area contributed by atoms with E-state index in [9.17, 15) is 9.59 Å². The first-order chi connectivity index (χ1) is 21.4. The van der Waals surface area contributed by atoms with Crippen molar-refractivity contribution in [2.75, 3.05) is 39.6 Å². The standard InChI is InChI=1S/C33H33N7O4/c1-35-29(41)18-22(19-38(2)24-16-17-43-20-24)27-10-6-7-11-28(27)40-32-30(31(34)36-21-37-32)39(33(40)42)23-12-14-26(15-13-23)44-25-8-4-3-5-9-25/h3-15,18,21,24H,16-17,19-20H2,1-2H3,(H,35,41)(H2,34,36,37). The van der Waals surface area contributed by atoms with Gasteiger partial charge in [-0.25, -0.2) is 19.3 Å². The van der Waals surface area contributed by atoms with Crippen LogP contribution in [0.2, 0.25) is 0 Å². The molecule has 1 aliphatic heterocycles. The number of nitrogen functional groups attached to an aromatic ring is 1. The van der Waals surface area contributed by atoms with Gasteiger partial charge in [-0.05, 0) is 61.5 Å². The predicted octanol–water partition coefficient (Wildman–Crippen LogP) is 3.80. The molecule has 1 unspecified atom stereocenters. The van der Waals surface area contributed by atoms with Crippen LogP contribution < -0.4 is 21.5 Å². The molecule has 0 spiro atoms. The highest BCUT2D eigenvalue weighted by Gasteiger charge is 2.25. The van der Waals surface area contributed by atoms with Gasteiger partial charge in [0.25, 0.3) is 0 Å².